The minimum absolute atomic E-state index is 0.903. The van der Waals surface area contributed by atoms with Crippen LogP contribution >= 0.6 is 11.3 Å². The molecule has 0 N–H and O–H groups in total. The molecule has 68 heavy (non-hydrogen) atoms. The maximum Gasteiger partial charge on any atom is 0.179 e. The summed E-state index contributed by atoms with van der Waals surface area (Å²) in [5.74, 6) is 0. The van der Waals surface area contributed by atoms with Crippen molar-refractivity contribution in [3.63, 3.8) is 0 Å². The standard InChI is InChI=1S/C64H41NOSSi/c1-5-19-42(20-6-1)53-39-48(68(45-24-9-3-10-25-45,46-26-11-4-12-27-46)47-34-35-51-50-29-15-17-31-57(50)66-58(51)41-47)40-54(43-21-7-2-8-22-43)64(53)65-55-36-33-44-23-13-14-28-49(44)61(55)63-56(65)37-38-60-62(63)52-30-16-18-32-59(52)67-60/h1-41H. The molecule has 14 rings (SSSR count). The predicted octanol–water partition coefficient (Wildman–Crippen LogP) is 14.9. The second-order valence-electron chi connectivity index (χ2n) is 17.9. The van der Waals surface area contributed by atoms with E-state index >= 15 is 0 Å². The monoisotopic (exact) mass is 899 g/mol. The Morgan fingerprint density at radius 3 is 1.57 bits per heavy atom. The van der Waals surface area contributed by atoms with Crippen molar-refractivity contribution in [2.75, 3.05) is 0 Å². The number of hydrogen-bond donors (Lipinski definition) is 0. The lowest BCUT2D eigenvalue weighted by atomic mass is 9.95. The first kappa shape index (κ1) is 38.9. The van der Waals surface area contributed by atoms with Crippen LogP contribution in [0.15, 0.2) is 253 Å². The van der Waals surface area contributed by atoms with Crippen LogP contribution in [0.1, 0.15) is 0 Å². The summed E-state index contributed by atoms with van der Waals surface area (Å²) in [5.41, 5.74) is 10.0. The van der Waals surface area contributed by atoms with E-state index in [0.717, 1.165) is 38.8 Å². The average molecular weight is 900 g/mol. The van der Waals surface area contributed by atoms with Crippen LogP contribution in [0, 0.1) is 0 Å². The lowest BCUT2D eigenvalue weighted by Gasteiger charge is -2.36. The van der Waals surface area contributed by atoms with Gasteiger partial charge in [0, 0.05) is 52.8 Å². The molecule has 0 bridgehead atoms. The number of aromatic nitrogens is 1. The topological polar surface area (TPSA) is 18.1 Å². The molecule has 2 nitrogen and oxygen atoms in total. The highest BCUT2D eigenvalue weighted by atomic mass is 32.1. The third kappa shape index (κ3) is 5.75. The van der Waals surface area contributed by atoms with Gasteiger partial charge < -0.3 is 8.98 Å². The number of furan rings is 1. The van der Waals surface area contributed by atoms with E-state index in [1.807, 2.05) is 11.3 Å². The molecule has 0 spiro atoms. The summed E-state index contributed by atoms with van der Waals surface area (Å²) < 4.78 is 11.9. The van der Waals surface area contributed by atoms with Crippen molar-refractivity contribution in [3.05, 3.63) is 249 Å². The number of hydrogen-bond acceptors (Lipinski definition) is 2. The fourth-order valence-electron chi connectivity index (χ4n) is 11.4. The quantitative estimate of drug-likeness (QED) is 0.115. The summed E-state index contributed by atoms with van der Waals surface area (Å²) in [4.78, 5) is 0. The van der Waals surface area contributed by atoms with Crippen LogP contribution in [0.25, 0.3) is 103 Å². The molecule has 0 atom stereocenters. The van der Waals surface area contributed by atoms with E-state index in [2.05, 4.69) is 253 Å². The first-order chi connectivity index (χ1) is 33.7. The molecule has 0 unspecified atom stereocenters. The molecule has 4 heteroatoms. The number of nitrogens with zero attached hydrogens (tertiary/aromatic N) is 1. The highest BCUT2D eigenvalue weighted by Crippen LogP contribution is 2.48. The Kier molecular flexibility index (Phi) is 8.82. The van der Waals surface area contributed by atoms with Gasteiger partial charge >= 0.3 is 0 Å². The summed E-state index contributed by atoms with van der Waals surface area (Å²) in [6.45, 7) is 0. The van der Waals surface area contributed by atoms with Gasteiger partial charge in [-0.2, -0.15) is 0 Å². The van der Waals surface area contributed by atoms with Crippen LogP contribution in [-0.4, -0.2) is 12.6 Å². The smallest absolute Gasteiger partial charge is 0.179 e. The number of para-hydroxylation sites is 1. The molecule has 11 aromatic carbocycles. The summed E-state index contributed by atoms with van der Waals surface area (Å²) in [7, 11) is -3.17. The van der Waals surface area contributed by atoms with Crippen LogP contribution in [-0.2, 0) is 0 Å². The van der Waals surface area contributed by atoms with E-state index in [1.165, 1.54) is 84.6 Å². The van der Waals surface area contributed by atoms with Crippen molar-refractivity contribution in [1.82, 2.24) is 4.57 Å². The average Bonchev–Trinajstić information content (AvgIpc) is 4.09. The molecule has 0 saturated heterocycles. The molecule has 0 aliphatic carbocycles. The molecule has 3 aromatic heterocycles. The third-order valence-corrected chi connectivity index (χ3v) is 20.2. The van der Waals surface area contributed by atoms with E-state index in [1.54, 1.807) is 0 Å². The molecule has 318 valence electrons. The van der Waals surface area contributed by atoms with Gasteiger partial charge in [-0.3, -0.25) is 0 Å². The van der Waals surface area contributed by atoms with Crippen LogP contribution in [0.5, 0.6) is 0 Å². The van der Waals surface area contributed by atoms with Crippen LogP contribution in [0.2, 0.25) is 0 Å². The normalized spacial score (nSPS) is 12.1. The SMILES string of the molecule is c1ccc(-c2cc([Si](c3ccccc3)(c3ccccc3)c3ccc4c(c3)oc3ccccc34)cc(-c3ccccc3)c2-n2c3ccc4ccccc4c3c3c4c(ccc32)sc2ccccc24)cc1. The van der Waals surface area contributed by atoms with Crippen LogP contribution in [0.3, 0.4) is 0 Å². The molecular formula is C64H41NOSSi. The fraction of sp³-hybridized carbons (Fsp3) is 0. The van der Waals surface area contributed by atoms with Gasteiger partial charge in [-0.15, -0.1) is 11.3 Å². The van der Waals surface area contributed by atoms with Gasteiger partial charge in [0.05, 0.1) is 16.7 Å². The van der Waals surface area contributed by atoms with Crippen molar-refractivity contribution < 1.29 is 4.42 Å². The maximum atomic E-state index is 6.73. The number of rotatable bonds is 7. The van der Waals surface area contributed by atoms with Crippen LogP contribution < -0.4 is 20.7 Å². The molecule has 3 heterocycles. The zero-order valence-corrected chi connectivity index (χ0v) is 38.8. The highest BCUT2D eigenvalue weighted by Gasteiger charge is 2.43. The van der Waals surface area contributed by atoms with Gasteiger partial charge in [0.2, 0.25) is 0 Å². The Labute approximate surface area is 398 Å². The maximum absolute atomic E-state index is 6.73. The van der Waals surface area contributed by atoms with Gasteiger partial charge in [-0.05, 0) is 79.0 Å². The first-order valence-corrected chi connectivity index (χ1v) is 26.1. The molecule has 0 fully saturated rings. The minimum atomic E-state index is -3.17. The van der Waals surface area contributed by atoms with Crippen molar-refractivity contribution in [2.45, 2.75) is 0 Å². The van der Waals surface area contributed by atoms with E-state index in [-0.39, 0.29) is 0 Å². The molecule has 0 aliphatic heterocycles. The largest absolute Gasteiger partial charge is 0.456 e. The summed E-state index contributed by atoms with van der Waals surface area (Å²) in [6, 6.07) is 92.5. The van der Waals surface area contributed by atoms with Crippen molar-refractivity contribution in [3.8, 4) is 27.9 Å². The summed E-state index contributed by atoms with van der Waals surface area (Å²) in [6.07, 6.45) is 0. The van der Waals surface area contributed by atoms with E-state index in [9.17, 15) is 0 Å². The number of benzene rings is 11. The van der Waals surface area contributed by atoms with Crippen LogP contribution in [0.4, 0.5) is 0 Å². The van der Waals surface area contributed by atoms with E-state index in [4.69, 9.17) is 4.42 Å². The lowest BCUT2D eigenvalue weighted by Crippen LogP contribution is -2.74. The van der Waals surface area contributed by atoms with Gasteiger partial charge in [-0.25, -0.2) is 0 Å². The van der Waals surface area contributed by atoms with Gasteiger partial charge in [-0.1, -0.05) is 212 Å². The zero-order valence-electron chi connectivity index (χ0n) is 36.9. The Balaban J connectivity index is 1.19. The first-order valence-electron chi connectivity index (χ1n) is 23.3. The van der Waals surface area contributed by atoms with Gasteiger partial charge in [0.1, 0.15) is 11.2 Å². The van der Waals surface area contributed by atoms with E-state index < -0.39 is 8.07 Å². The predicted molar refractivity (Wildman–Crippen MR) is 293 cm³/mol. The minimum Gasteiger partial charge on any atom is -0.456 e. The second-order valence-corrected chi connectivity index (χ2v) is 22.8. The molecule has 0 saturated carbocycles. The third-order valence-electron chi connectivity index (χ3n) is 14.3. The van der Waals surface area contributed by atoms with Crippen molar-refractivity contribution in [2.24, 2.45) is 0 Å². The fourth-order valence-corrected chi connectivity index (χ4v) is 17.3. The van der Waals surface area contributed by atoms with Crippen molar-refractivity contribution in [1.29, 1.82) is 0 Å². The Bertz CT molecular complexity index is 4150. The van der Waals surface area contributed by atoms with Crippen molar-refractivity contribution >= 4 is 115 Å². The lowest BCUT2D eigenvalue weighted by molar-refractivity contribution is 0.669. The summed E-state index contributed by atoms with van der Waals surface area (Å²) >= 11 is 1.88. The van der Waals surface area contributed by atoms with E-state index in [0.29, 0.717) is 0 Å². The Hall–Kier alpha value is -8.28. The Morgan fingerprint density at radius 1 is 0.338 bits per heavy atom. The molecule has 0 radical (unpaired) electrons. The number of thiophene rings is 1. The zero-order chi connectivity index (χ0) is 44.8. The van der Waals surface area contributed by atoms with Gasteiger partial charge in [0.15, 0.2) is 8.07 Å². The summed E-state index contributed by atoms with van der Waals surface area (Å²) in [5, 5.41) is 15.1. The molecular weight excluding hydrogens is 859 g/mol. The molecule has 14 aromatic rings. The highest BCUT2D eigenvalue weighted by molar-refractivity contribution is 7.26. The Morgan fingerprint density at radius 2 is 0.882 bits per heavy atom. The number of fused-ring (bicyclic) bond motifs is 12. The molecule has 0 aliphatic rings. The second kappa shape index (κ2) is 15.4. The molecule has 0 amide bonds. The van der Waals surface area contributed by atoms with Gasteiger partial charge in [0.25, 0.3) is 0 Å².